The molecule has 2 N–H and O–H groups in total. The molecule has 1 nitrogen and oxygen atoms in total. The summed E-state index contributed by atoms with van der Waals surface area (Å²) in [6.45, 7) is 4.69. The highest BCUT2D eigenvalue weighted by Crippen LogP contribution is 2.22. The summed E-state index contributed by atoms with van der Waals surface area (Å²) in [5.74, 6) is 1.43. The zero-order chi connectivity index (χ0) is 10.6. The van der Waals surface area contributed by atoms with Crippen molar-refractivity contribution in [2.24, 2.45) is 11.7 Å². The minimum Gasteiger partial charge on any atom is -0.326 e. The highest BCUT2D eigenvalue weighted by Gasteiger charge is 2.01. The van der Waals surface area contributed by atoms with E-state index in [4.69, 9.17) is 5.73 Å². The standard InChI is InChI=1S/C11H16FNS/c1-8(2)7-14-11-4-9(6-13)3-10(12)5-11/h3-5,8H,6-7,13H2,1-2H3. The van der Waals surface area contributed by atoms with Gasteiger partial charge in [0, 0.05) is 17.2 Å². The van der Waals surface area contributed by atoms with Gasteiger partial charge in [-0.3, -0.25) is 0 Å². The van der Waals surface area contributed by atoms with E-state index >= 15 is 0 Å². The average Bonchev–Trinajstić information content (AvgIpc) is 2.14. The maximum Gasteiger partial charge on any atom is 0.124 e. The first kappa shape index (κ1) is 11.5. The van der Waals surface area contributed by atoms with E-state index < -0.39 is 0 Å². The number of thioether (sulfide) groups is 1. The summed E-state index contributed by atoms with van der Waals surface area (Å²) in [7, 11) is 0. The van der Waals surface area contributed by atoms with Gasteiger partial charge in [-0.15, -0.1) is 11.8 Å². The van der Waals surface area contributed by atoms with E-state index in [2.05, 4.69) is 13.8 Å². The molecule has 0 aliphatic rings. The molecule has 1 aromatic rings. The van der Waals surface area contributed by atoms with Crippen molar-refractivity contribution in [1.29, 1.82) is 0 Å². The van der Waals surface area contributed by atoms with Crippen LogP contribution in [0.2, 0.25) is 0 Å². The van der Waals surface area contributed by atoms with Crippen molar-refractivity contribution in [3.8, 4) is 0 Å². The SMILES string of the molecule is CC(C)CSc1cc(F)cc(CN)c1. The molecule has 0 radical (unpaired) electrons. The fraction of sp³-hybridized carbons (Fsp3) is 0.455. The zero-order valence-electron chi connectivity index (χ0n) is 8.59. The fourth-order valence-electron chi connectivity index (χ4n) is 1.08. The van der Waals surface area contributed by atoms with Crippen molar-refractivity contribution in [1.82, 2.24) is 0 Å². The minimum atomic E-state index is -0.195. The van der Waals surface area contributed by atoms with Crippen molar-refractivity contribution < 1.29 is 4.39 Å². The van der Waals surface area contributed by atoms with E-state index in [-0.39, 0.29) is 5.82 Å². The highest BCUT2D eigenvalue weighted by molar-refractivity contribution is 7.99. The molecule has 0 aliphatic heterocycles. The van der Waals surface area contributed by atoms with E-state index in [1.807, 2.05) is 6.07 Å². The van der Waals surface area contributed by atoms with Gasteiger partial charge in [0.15, 0.2) is 0 Å². The lowest BCUT2D eigenvalue weighted by molar-refractivity contribution is 0.621. The summed E-state index contributed by atoms with van der Waals surface area (Å²) in [6, 6.07) is 5.00. The van der Waals surface area contributed by atoms with E-state index in [0.29, 0.717) is 12.5 Å². The second kappa shape index (κ2) is 5.37. The summed E-state index contributed by atoms with van der Waals surface area (Å²) < 4.78 is 13.1. The van der Waals surface area contributed by atoms with Crippen molar-refractivity contribution >= 4 is 11.8 Å². The molecule has 14 heavy (non-hydrogen) atoms. The molecule has 1 rings (SSSR count). The molecule has 1 aromatic carbocycles. The molecular formula is C11H16FNS. The summed E-state index contributed by atoms with van der Waals surface area (Å²) in [5, 5.41) is 0. The molecular weight excluding hydrogens is 197 g/mol. The van der Waals surface area contributed by atoms with Gasteiger partial charge in [0.25, 0.3) is 0 Å². The quantitative estimate of drug-likeness (QED) is 0.778. The summed E-state index contributed by atoms with van der Waals surface area (Å²) >= 11 is 1.68. The second-order valence-corrected chi connectivity index (χ2v) is 4.80. The number of benzene rings is 1. The van der Waals surface area contributed by atoms with Crippen LogP contribution in [0.25, 0.3) is 0 Å². The molecule has 0 aliphatic carbocycles. The smallest absolute Gasteiger partial charge is 0.124 e. The Morgan fingerprint density at radius 3 is 2.64 bits per heavy atom. The Morgan fingerprint density at radius 2 is 2.07 bits per heavy atom. The number of hydrogen-bond donors (Lipinski definition) is 1. The topological polar surface area (TPSA) is 26.0 Å². The monoisotopic (exact) mass is 213 g/mol. The van der Waals surface area contributed by atoms with Crippen LogP contribution in [-0.4, -0.2) is 5.75 Å². The van der Waals surface area contributed by atoms with Gasteiger partial charge in [-0.2, -0.15) is 0 Å². The third kappa shape index (κ3) is 3.68. The Kier molecular flexibility index (Phi) is 4.42. The molecule has 0 saturated carbocycles. The van der Waals surface area contributed by atoms with E-state index in [9.17, 15) is 4.39 Å². The Balaban J connectivity index is 2.71. The van der Waals surface area contributed by atoms with Crippen LogP contribution in [0.5, 0.6) is 0 Å². The van der Waals surface area contributed by atoms with E-state index in [1.54, 1.807) is 17.8 Å². The van der Waals surface area contributed by atoms with Crippen molar-refractivity contribution in [2.75, 3.05) is 5.75 Å². The van der Waals surface area contributed by atoms with Crippen molar-refractivity contribution in [3.05, 3.63) is 29.6 Å². The number of halogens is 1. The predicted molar refractivity (Wildman–Crippen MR) is 59.9 cm³/mol. The summed E-state index contributed by atoms with van der Waals surface area (Å²) in [5.41, 5.74) is 6.33. The Bertz CT molecular complexity index is 299. The second-order valence-electron chi connectivity index (χ2n) is 3.70. The maximum atomic E-state index is 13.1. The normalized spacial score (nSPS) is 10.9. The van der Waals surface area contributed by atoms with Crippen molar-refractivity contribution in [2.45, 2.75) is 25.3 Å². The molecule has 0 fully saturated rings. The first-order chi connectivity index (χ1) is 6.61. The fourth-order valence-corrected chi connectivity index (χ4v) is 2.04. The Hall–Kier alpha value is -0.540. The van der Waals surface area contributed by atoms with Crippen molar-refractivity contribution in [3.63, 3.8) is 0 Å². The molecule has 0 amide bonds. The Labute approximate surface area is 88.9 Å². The first-order valence-corrected chi connectivity index (χ1v) is 5.72. The summed E-state index contributed by atoms with van der Waals surface area (Å²) in [4.78, 5) is 0.971. The first-order valence-electron chi connectivity index (χ1n) is 4.74. The lowest BCUT2D eigenvalue weighted by Crippen LogP contribution is -1.97. The minimum absolute atomic E-state index is 0.195. The lowest BCUT2D eigenvalue weighted by Gasteiger charge is -2.06. The number of hydrogen-bond acceptors (Lipinski definition) is 2. The third-order valence-corrected chi connectivity index (χ3v) is 3.15. The van der Waals surface area contributed by atoms with Crippen LogP contribution in [0.15, 0.2) is 23.1 Å². The molecule has 0 saturated heterocycles. The van der Waals surface area contributed by atoms with Gasteiger partial charge >= 0.3 is 0 Å². The highest BCUT2D eigenvalue weighted by atomic mass is 32.2. The maximum absolute atomic E-state index is 13.1. The van der Waals surface area contributed by atoms with Crippen LogP contribution in [0.3, 0.4) is 0 Å². The van der Waals surface area contributed by atoms with E-state index in [0.717, 1.165) is 16.2 Å². The van der Waals surface area contributed by atoms with Gasteiger partial charge in [0.05, 0.1) is 0 Å². The average molecular weight is 213 g/mol. The largest absolute Gasteiger partial charge is 0.326 e. The van der Waals surface area contributed by atoms with Gasteiger partial charge < -0.3 is 5.73 Å². The number of rotatable bonds is 4. The molecule has 0 heterocycles. The number of nitrogens with two attached hydrogens (primary N) is 1. The van der Waals surface area contributed by atoms with Gasteiger partial charge in [0.1, 0.15) is 5.82 Å². The van der Waals surface area contributed by atoms with Gasteiger partial charge in [-0.1, -0.05) is 13.8 Å². The molecule has 0 aromatic heterocycles. The molecule has 3 heteroatoms. The molecule has 0 unspecified atom stereocenters. The third-order valence-electron chi connectivity index (χ3n) is 1.75. The van der Waals surface area contributed by atoms with Crippen LogP contribution in [-0.2, 0) is 6.54 Å². The van der Waals surface area contributed by atoms with E-state index in [1.165, 1.54) is 6.07 Å². The molecule has 0 atom stereocenters. The predicted octanol–water partition coefficient (Wildman–Crippen LogP) is 3.03. The Morgan fingerprint density at radius 1 is 1.36 bits per heavy atom. The van der Waals surface area contributed by atoms with Gasteiger partial charge in [0.2, 0.25) is 0 Å². The van der Waals surface area contributed by atoms with Crippen LogP contribution < -0.4 is 5.73 Å². The van der Waals surface area contributed by atoms with Gasteiger partial charge in [-0.25, -0.2) is 4.39 Å². The van der Waals surface area contributed by atoms with Crippen LogP contribution in [0.1, 0.15) is 19.4 Å². The molecule has 0 bridgehead atoms. The molecule has 0 spiro atoms. The van der Waals surface area contributed by atoms with Crippen LogP contribution in [0, 0.1) is 11.7 Å². The van der Waals surface area contributed by atoms with Gasteiger partial charge in [-0.05, 0) is 29.7 Å². The zero-order valence-corrected chi connectivity index (χ0v) is 9.40. The van der Waals surface area contributed by atoms with Crippen LogP contribution >= 0.6 is 11.8 Å². The lowest BCUT2D eigenvalue weighted by atomic mass is 10.2. The van der Waals surface area contributed by atoms with Crippen LogP contribution in [0.4, 0.5) is 4.39 Å². The summed E-state index contributed by atoms with van der Waals surface area (Å²) in [6.07, 6.45) is 0. The molecule has 78 valence electrons.